The molecule has 0 N–H and O–H groups in total. The van der Waals surface area contributed by atoms with Crippen molar-refractivity contribution < 1.29 is 0 Å². The summed E-state index contributed by atoms with van der Waals surface area (Å²) in [6.45, 7) is 28.5. The summed E-state index contributed by atoms with van der Waals surface area (Å²) >= 11 is 0. The average Bonchev–Trinajstić information content (AvgIpc) is 2.38. The summed E-state index contributed by atoms with van der Waals surface area (Å²) < 4.78 is 0. The van der Waals surface area contributed by atoms with Crippen molar-refractivity contribution in [1.29, 1.82) is 0 Å². The highest BCUT2D eigenvalue weighted by Crippen LogP contribution is 2.45. The second-order valence-electron chi connectivity index (χ2n) is 13.0. The van der Waals surface area contributed by atoms with Crippen molar-refractivity contribution in [2.24, 2.45) is 21.7 Å². The summed E-state index contributed by atoms with van der Waals surface area (Å²) in [6.07, 6.45) is 2.45. The average molecular weight is 359 g/mol. The number of benzene rings is 1. The van der Waals surface area contributed by atoms with Gasteiger partial charge in [0.05, 0.1) is 0 Å². The maximum atomic E-state index is 2.42. The minimum absolute atomic E-state index is 0.281. The first kappa shape index (κ1) is 23.3. The molecule has 0 saturated heterocycles. The number of hydrogen-bond donors (Lipinski definition) is 0. The Balaban J connectivity index is 3.21. The van der Waals surface area contributed by atoms with Crippen molar-refractivity contribution in [3.8, 4) is 0 Å². The quantitative estimate of drug-likeness (QED) is 0.504. The van der Waals surface area contributed by atoms with E-state index in [1.54, 1.807) is 0 Å². The summed E-state index contributed by atoms with van der Waals surface area (Å²) in [6, 6.07) is 9.66. The zero-order valence-electron chi connectivity index (χ0n) is 19.9. The van der Waals surface area contributed by atoms with Gasteiger partial charge in [0.25, 0.3) is 0 Å². The van der Waals surface area contributed by atoms with Gasteiger partial charge >= 0.3 is 0 Å². The van der Waals surface area contributed by atoms with Crippen LogP contribution in [0.4, 0.5) is 0 Å². The monoisotopic (exact) mass is 358 g/mol. The normalized spacial score (nSPS) is 16.5. The number of rotatable bonds is 4. The van der Waals surface area contributed by atoms with Gasteiger partial charge in [0, 0.05) is 0 Å². The minimum atomic E-state index is 0.281. The molecule has 0 amide bonds. The van der Waals surface area contributed by atoms with E-state index in [0.29, 0.717) is 22.7 Å². The van der Waals surface area contributed by atoms with E-state index in [0.717, 1.165) is 0 Å². The topological polar surface area (TPSA) is 0 Å². The highest BCUT2D eigenvalue weighted by Gasteiger charge is 2.32. The van der Waals surface area contributed by atoms with Crippen molar-refractivity contribution in [3.05, 3.63) is 35.4 Å². The van der Waals surface area contributed by atoms with Crippen LogP contribution in [0, 0.1) is 21.7 Å². The zero-order valence-corrected chi connectivity index (χ0v) is 19.9. The van der Waals surface area contributed by atoms with Crippen molar-refractivity contribution in [1.82, 2.24) is 0 Å². The second-order valence-corrected chi connectivity index (χ2v) is 13.0. The Morgan fingerprint density at radius 2 is 0.731 bits per heavy atom. The second kappa shape index (κ2) is 7.69. The van der Waals surface area contributed by atoms with Crippen LogP contribution < -0.4 is 0 Å². The van der Waals surface area contributed by atoms with E-state index in [1.807, 2.05) is 0 Å². The van der Waals surface area contributed by atoms with E-state index in [9.17, 15) is 0 Å². The Kier molecular flexibility index (Phi) is 6.88. The van der Waals surface area contributed by atoms with Crippen LogP contribution >= 0.6 is 0 Å². The molecule has 2 unspecified atom stereocenters. The molecule has 0 heterocycles. The van der Waals surface area contributed by atoms with Gasteiger partial charge in [-0.1, -0.05) is 107 Å². The van der Waals surface area contributed by atoms with Crippen LogP contribution in [0.25, 0.3) is 0 Å². The predicted octanol–water partition coefficient (Wildman–Crippen LogP) is 8.82. The highest BCUT2D eigenvalue weighted by atomic mass is 14.4. The van der Waals surface area contributed by atoms with E-state index in [1.165, 1.54) is 24.0 Å². The van der Waals surface area contributed by atoms with Crippen molar-refractivity contribution >= 4 is 0 Å². The Labute approximate surface area is 165 Å². The van der Waals surface area contributed by atoms with Crippen molar-refractivity contribution in [3.63, 3.8) is 0 Å². The van der Waals surface area contributed by atoms with Gasteiger partial charge in [-0.3, -0.25) is 0 Å². The predicted molar refractivity (Wildman–Crippen MR) is 119 cm³/mol. The molecule has 0 aliphatic rings. The molecule has 0 spiro atoms. The molecule has 0 nitrogen and oxygen atoms in total. The smallest absolute Gasteiger partial charge is 0.0108 e. The molecule has 0 aliphatic carbocycles. The van der Waals surface area contributed by atoms with Crippen molar-refractivity contribution in [2.45, 2.75) is 108 Å². The molecule has 1 rings (SSSR count). The summed E-state index contributed by atoms with van der Waals surface area (Å²) in [5.41, 5.74) is 4.25. The molecular weight excluding hydrogens is 312 g/mol. The van der Waals surface area contributed by atoms with Crippen molar-refractivity contribution in [2.75, 3.05) is 0 Å². The fraction of sp³-hybridized carbons (Fsp3) is 0.769. The zero-order chi connectivity index (χ0) is 20.6. The molecule has 0 radical (unpaired) electrons. The molecule has 0 bridgehead atoms. The number of hydrogen-bond acceptors (Lipinski definition) is 0. The molecule has 0 aliphatic heterocycles. The van der Waals surface area contributed by atoms with Crippen LogP contribution in [-0.2, 0) is 0 Å². The maximum absolute atomic E-state index is 2.42. The van der Waals surface area contributed by atoms with E-state index in [4.69, 9.17) is 0 Å². The first-order valence-electron chi connectivity index (χ1n) is 10.5. The van der Waals surface area contributed by atoms with Crippen LogP contribution in [-0.4, -0.2) is 0 Å². The van der Waals surface area contributed by atoms with Crippen LogP contribution in [0.3, 0.4) is 0 Å². The summed E-state index contributed by atoms with van der Waals surface area (Å²) in [4.78, 5) is 0. The van der Waals surface area contributed by atoms with E-state index in [-0.39, 0.29) is 10.8 Å². The molecule has 2 atom stereocenters. The Hall–Kier alpha value is -0.780. The first-order chi connectivity index (χ1) is 11.4. The van der Waals surface area contributed by atoms with Gasteiger partial charge in [0.1, 0.15) is 0 Å². The van der Waals surface area contributed by atoms with Gasteiger partial charge in [-0.05, 0) is 57.5 Å². The molecular formula is C26H46. The standard InChI is InChI=1S/C26H46/c1-23(2,3)17-21(25(7,8)9)19-13-15-20(16-14-19)22(26(10,11)12)18-24(4,5)6/h13-16,21-22H,17-18H2,1-12H3. The fourth-order valence-corrected chi connectivity index (χ4v) is 4.03. The maximum Gasteiger partial charge on any atom is -0.0108 e. The third-order valence-electron chi connectivity index (χ3n) is 5.46. The van der Waals surface area contributed by atoms with Gasteiger partial charge in [-0.2, -0.15) is 0 Å². The molecule has 1 aromatic rings. The van der Waals surface area contributed by atoms with Crippen LogP contribution in [0.2, 0.25) is 0 Å². The molecule has 0 aromatic heterocycles. The Morgan fingerprint density at radius 3 is 0.885 bits per heavy atom. The summed E-state index contributed by atoms with van der Waals surface area (Å²) in [5.74, 6) is 1.18. The lowest BCUT2D eigenvalue weighted by atomic mass is 9.67. The molecule has 0 heteroatoms. The molecule has 0 saturated carbocycles. The van der Waals surface area contributed by atoms with E-state index in [2.05, 4.69) is 107 Å². The van der Waals surface area contributed by atoms with Gasteiger partial charge in [-0.15, -0.1) is 0 Å². The fourth-order valence-electron chi connectivity index (χ4n) is 4.03. The van der Waals surface area contributed by atoms with Gasteiger partial charge in [-0.25, -0.2) is 0 Å². The third kappa shape index (κ3) is 7.45. The SMILES string of the molecule is CC(C)(C)CC(c1ccc(C(CC(C)(C)C)C(C)(C)C)cc1)C(C)(C)C. The summed E-state index contributed by atoms with van der Waals surface area (Å²) in [7, 11) is 0. The van der Waals surface area contributed by atoms with E-state index >= 15 is 0 Å². The molecule has 150 valence electrons. The largest absolute Gasteiger partial charge is 0.0602 e. The third-order valence-corrected chi connectivity index (χ3v) is 5.46. The van der Waals surface area contributed by atoms with Crippen LogP contribution in [0.5, 0.6) is 0 Å². The summed E-state index contributed by atoms with van der Waals surface area (Å²) in [5, 5.41) is 0. The molecule has 26 heavy (non-hydrogen) atoms. The van der Waals surface area contributed by atoms with E-state index < -0.39 is 0 Å². The lowest BCUT2D eigenvalue weighted by Crippen LogP contribution is -2.25. The molecule has 0 fully saturated rings. The lowest BCUT2D eigenvalue weighted by molar-refractivity contribution is 0.226. The van der Waals surface area contributed by atoms with Crippen LogP contribution in [0.15, 0.2) is 24.3 Å². The van der Waals surface area contributed by atoms with Crippen LogP contribution in [0.1, 0.15) is 119 Å². The van der Waals surface area contributed by atoms with Gasteiger partial charge in [0.15, 0.2) is 0 Å². The minimum Gasteiger partial charge on any atom is -0.0602 e. The Morgan fingerprint density at radius 1 is 0.500 bits per heavy atom. The lowest BCUT2D eigenvalue weighted by Gasteiger charge is -2.38. The highest BCUT2D eigenvalue weighted by molar-refractivity contribution is 5.30. The molecule has 1 aromatic carbocycles. The first-order valence-corrected chi connectivity index (χ1v) is 10.5. The van der Waals surface area contributed by atoms with Gasteiger partial charge in [0.2, 0.25) is 0 Å². The van der Waals surface area contributed by atoms with Gasteiger partial charge < -0.3 is 0 Å². The Bertz CT molecular complexity index is 494.